The summed E-state index contributed by atoms with van der Waals surface area (Å²) in [5.74, 6) is 0. The number of hydrogen-bond acceptors (Lipinski definition) is 1. The molecule has 2 aromatic carbocycles. The Morgan fingerprint density at radius 3 is 2.43 bits per heavy atom. The van der Waals surface area contributed by atoms with Crippen molar-refractivity contribution in [1.29, 1.82) is 0 Å². The number of aromatic nitrogens is 1. The van der Waals surface area contributed by atoms with Gasteiger partial charge in [-0.05, 0) is 18.6 Å². The van der Waals surface area contributed by atoms with Crippen LogP contribution in [0.15, 0.2) is 42.5 Å². The molecule has 0 aliphatic carbocycles. The molecule has 3 heteroatoms. The summed E-state index contributed by atoms with van der Waals surface area (Å²) in [4.78, 5) is 0. The summed E-state index contributed by atoms with van der Waals surface area (Å²) in [7, 11) is 0.104. The second-order valence-corrected chi connectivity index (χ2v) is 6.45. The van der Waals surface area contributed by atoms with Crippen molar-refractivity contribution in [2.24, 2.45) is 0 Å². The highest BCUT2D eigenvalue weighted by Gasteiger charge is 2.10. The Morgan fingerprint density at radius 1 is 0.870 bits per heavy atom. The Morgan fingerprint density at radius 2 is 1.61 bits per heavy atom. The van der Waals surface area contributed by atoms with Crippen LogP contribution in [0.1, 0.15) is 45.4 Å². The Bertz CT molecular complexity index is 778. The van der Waals surface area contributed by atoms with E-state index in [1.54, 1.807) is 0 Å². The molecule has 0 aliphatic heterocycles. The maximum Gasteiger partial charge on any atom is 0.304 e. The zero-order valence-electron chi connectivity index (χ0n) is 14.1. The molecule has 0 atom stereocenters. The largest absolute Gasteiger partial charge is 0.449 e. The van der Waals surface area contributed by atoms with E-state index < -0.39 is 0 Å². The van der Waals surface area contributed by atoms with Crippen LogP contribution in [0.4, 0.5) is 0 Å². The van der Waals surface area contributed by atoms with Gasteiger partial charge in [-0.1, -0.05) is 74.8 Å². The summed E-state index contributed by atoms with van der Waals surface area (Å²) in [5, 5.41) is 12.0. The molecular formula is C20H26BNO. The third-order valence-corrected chi connectivity index (χ3v) is 4.75. The van der Waals surface area contributed by atoms with Crippen LogP contribution in [0, 0.1) is 0 Å². The zero-order valence-corrected chi connectivity index (χ0v) is 14.1. The average molecular weight is 307 g/mol. The number of nitrogens with zero attached hydrogens (tertiary/aromatic N) is 1. The van der Waals surface area contributed by atoms with Gasteiger partial charge in [-0.2, -0.15) is 0 Å². The van der Waals surface area contributed by atoms with Crippen molar-refractivity contribution in [2.75, 3.05) is 0 Å². The van der Waals surface area contributed by atoms with Gasteiger partial charge in [0.1, 0.15) is 0 Å². The standard InChI is InChI=1S/C20H26BNO/c1-2-3-4-5-6-9-14-22-19-11-8-7-10-17(19)18-15-16(21-23)12-13-20(18)22/h7-8,10-13,15,21,23H,2-6,9,14H2,1H3. The first-order chi connectivity index (χ1) is 11.3. The maximum atomic E-state index is 9.41. The van der Waals surface area contributed by atoms with Crippen LogP contribution in [0.5, 0.6) is 0 Å². The number of benzene rings is 2. The Hall–Kier alpha value is -1.74. The third kappa shape index (κ3) is 3.45. The molecule has 3 aromatic rings. The highest BCUT2D eigenvalue weighted by atomic mass is 16.2. The molecule has 1 heterocycles. The minimum Gasteiger partial charge on any atom is -0.449 e. The van der Waals surface area contributed by atoms with Crippen LogP contribution >= 0.6 is 0 Å². The average Bonchev–Trinajstić information content (AvgIpc) is 2.91. The SMILES string of the molecule is CCCCCCCCn1c2ccccc2c2cc(BO)ccc21. The normalized spacial score (nSPS) is 11.4. The summed E-state index contributed by atoms with van der Waals surface area (Å²) in [6.07, 6.45) is 7.92. The fourth-order valence-corrected chi connectivity index (χ4v) is 3.49. The first-order valence-corrected chi connectivity index (χ1v) is 8.96. The molecular weight excluding hydrogens is 281 g/mol. The van der Waals surface area contributed by atoms with Gasteiger partial charge < -0.3 is 9.59 Å². The molecule has 2 nitrogen and oxygen atoms in total. The van der Waals surface area contributed by atoms with Gasteiger partial charge in [0.05, 0.1) is 0 Å². The Labute approximate surface area is 139 Å². The summed E-state index contributed by atoms with van der Waals surface area (Å²) in [5.41, 5.74) is 3.59. The molecule has 23 heavy (non-hydrogen) atoms. The van der Waals surface area contributed by atoms with Crippen molar-refractivity contribution < 1.29 is 5.02 Å². The maximum absolute atomic E-state index is 9.41. The molecule has 0 amide bonds. The van der Waals surface area contributed by atoms with Crippen LogP contribution in [-0.2, 0) is 6.54 Å². The van der Waals surface area contributed by atoms with E-state index in [4.69, 9.17) is 0 Å². The van der Waals surface area contributed by atoms with Crippen LogP contribution in [0.25, 0.3) is 21.8 Å². The predicted octanol–water partition coefficient (Wildman–Crippen LogP) is 4.12. The molecule has 0 fully saturated rings. The van der Waals surface area contributed by atoms with Crippen LogP contribution in [0.3, 0.4) is 0 Å². The van der Waals surface area contributed by atoms with Gasteiger partial charge in [0.25, 0.3) is 0 Å². The number of aryl methyl sites for hydroxylation is 1. The molecule has 0 aliphatic rings. The number of rotatable bonds is 8. The van der Waals surface area contributed by atoms with E-state index in [1.165, 1.54) is 60.3 Å². The minimum atomic E-state index is 0.104. The number of fused-ring (bicyclic) bond motifs is 3. The lowest BCUT2D eigenvalue weighted by Gasteiger charge is -2.08. The monoisotopic (exact) mass is 307 g/mol. The minimum absolute atomic E-state index is 0.104. The highest BCUT2D eigenvalue weighted by molar-refractivity contribution is 6.46. The second-order valence-electron chi connectivity index (χ2n) is 6.45. The lowest BCUT2D eigenvalue weighted by Crippen LogP contribution is -2.12. The summed E-state index contributed by atoms with van der Waals surface area (Å²) < 4.78 is 2.45. The predicted molar refractivity (Wildman–Crippen MR) is 102 cm³/mol. The molecule has 0 saturated heterocycles. The fraction of sp³-hybridized carbons (Fsp3) is 0.400. The van der Waals surface area contributed by atoms with Gasteiger partial charge in [-0.25, -0.2) is 0 Å². The zero-order chi connectivity index (χ0) is 16.1. The van der Waals surface area contributed by atoms with Crippen molar-refractivity contribution >= 4 is 34.8 Å². The van der Waals surface area contributed by atoms with Crippen molar-refractivity contribution in [2.45, 2.75) is 52.0 Å². The van der Waals surface area contributed by atoms with E-state index in [2.05, 4.69) is 47.9 Å². The van der Waals surface area contributed by atoms with Gasteiger partial charge in [-0.15, -0.1) is 0 Å². The van der Waals surface area contributed by atoms with Gasteiger partial charge in [0.15, 0.2) is 0 Å². The fourth-order valence-electron chi connectivity index (χ4n) is 3.49. The van der Waals surface area contributed by atoms with E-state index in [1.807, 2.05) is 6.07 Å². The van der Waals surface area contributed by atoms with Crippen LogP contribution < -0.4 is 5.46 Å². The van der Waals surface area contributed by atoms with E-state index in [-0.39, 0.29) is 7.48 Å². The molecule has 1 N–H and O–H groups in total. The molecule has 1 aromatic heterocycles. The van der Waals surface area contributed by atoms with E-state index in [0.717, 1.165) is 12.0 Å². The van der Waals surface area contributed by atoms with Crippen molar-refractivity contribution in [3.8, 4) is 0 Å². The molecule has 0 radical (unpaired) electrons. The van der Waals surface area contributed by atoms with Gasteiger partial charge in [-0.3, -0.25) is 0 Å². The second kappa shape index (κ2) is 7.69. The topological polar surface area (TPSA) is 25.2 Å². The lowest BCUT2D eigenvalue weighted by molar-refractivity contribution is 0.571. The summed E-state index contributed by atoms with van der Waals surface area (Å²) in [6.45, 7) is 3.34. The van der Waals surface area contributed by atoms with Crippen LogP contribution in [-0.4, -0.2) is 17.1 Å². The van der Waals surface area contributed by atoms with Crippen molar-refractivity contribution in [1.82, 2.24) is 4.57 Å². The smallest absolute Gasteiger partial charge is 0.304 e. The van der Waals surface area contributed by atoms with Crippen LogP contribution in [0.2, 0.25) is 0 Å². The van der Waals surface area contributed by atoms with Gasteiger partial charge >= 0.3 is 7.48 Å². The van der Waals surface area contributed by atoms with Crippen molar-refractivity contribution in [3.05, 3.63) is 42.5 Å². The first-order valence-electron chi connectivity index (χ1n) is 8.96. The van der Waals surface area contributed by atoms with E-state index >= 15 is 0 Å². The summed E-state index contributed by atoms with van der Waals surface area (Å²) in [6, 6.07) is 15.0. The highest BCUT2D eigenvalue weighted by Crippen LogP contribution is 2.28. The number of unbranched alkanes of at least 4 members (excludes halogenated alkanes) is 5. The Balaban J connectivity index is 1.85. The van der Waals surface area contributed by atoms with Gasteiger partial charge in [0, 0.05) is 28.4 Å². The molecule has 0 unspecified atom stereocenters. The molecule has 0 bridgehead atoms. The third-order valence-electron chi connectivity index (χ3n) is 4.75. The number of para-hydroxylation sites is 1. The quantitative estimate of drug-likeness (QED) is 0.491. The molecule has 0 spiro atoms. The summed E-state index contributed by atoms with van der Waals surface area (Å²) >= 11 is 0. The van der Waals surface area contributed by atoms with Crippen molar-refractivity contribution in [3.63, 3.8) is 0 Å². The Kier molecular flexibility index (Phi) is 5.40. The molecule has 120 valence electrons. The van der Waals surface area contributed by atoms with E-state index in [9.17, 15) is 5.02 Å². The number of hydrogen-bond donors (Lipinski definition) is 1. The molecule has 3 rings (SSSR count). The van der Waals surface area contributed by atoms with E-state index in [0.29, 0.717) is 0 Å². The molecule has 0 saturated carbocycles. The first kappa shape index (κ1) is 16.1. The van der Waals surface area contributed by atoms with Gasteiger partial charge in [0.2, 0.25) is 0 Å². The lowest BCUT2D eigenvalue weighted by atomic mass is 9.88.